The summed E-state index contributed by atoms with van der Waals surface area (Å²) in [5.74, 6) is 0. The second-order valence-electron chi connectivity index (χ2n) is 5.64. The van der Waals surface area contributed by atoms with E-state index in [9.17, 15) is 0 Å². The highest BCUT2D eigenvalue weighted by Gasteiger charge is 2.21. The summed E-state index contributed by atoms with van der Waals surface area (Å²) in [6.07, 6.45) is 5.08. The summed E-state index contributed by atoms with van der Waals surface area (Å²) in [5.41, 5.74) is 0. The lowest BCUT2D eigenvalue weighted by Gasteiger charge is -2.32. The zero-order valence-electron chi connectivity index (χ0n) is 13.9. The van der Waals surface area contributed by atoms with E-state index in [1.165, 1.54) is 49.4 Å². The Hall–Kier alpha value is -1.17. The van der Waals surface area contributed by atoms with Crippen LogP contribution >= 0.6 is 8.07 Å². The van der Waals surface area contributed by atoms with Crippen molar-refractivity contribution >= 4 is 18.7 Å². The molecule has 0 spiro atoms. The molecular formula is C20H28NP. The molecule has 1 nitrogen and oxygen atoms in total. The van der Waals surface area contributed by atoms with Crippen LogP contribution in [0.5, 0.6) is 0 Å². The Kier molecular flexibility index (Phi) is 7.63. The first-order valence-electron chi connectivity index (χ1n) is 8.52. The van der Waals surface area contributed by atoms with Crippen molar-refractivity contribution in [1.82, 2.24) is 4.67 Å². The average Bonchev–Trinajstić information content (AvgIpc) is 2.59. The van der Waals surface area contributed by atoms with Crippen molar-refractivity contribution in [2.24, 2.45) is 0 Å². The second kappa shape index (κ2) is 9.77. The Morgan fingerprint density at radius 1 is 0.682 bits per heavy atom. The maximum Gasteiger partial charge on any atom is 0.0281 e. The quantitative estimate of drug-likeness (QED) is 0.593. The van der Waals surface area contributed by atoms with Gasteiger partial charge in [-0.2, -0.15) is 0 Å². The predicted octanol–water partition coefficient (Wildman–Crippen LogP) is 4.94. The van der Waals surface area contributed by atoms with E-state index in [1.54, 1.807) is 0 Å². The molecule has 0 aromatic heterocycles. The standard InChI is InChI=1S/C20H28NP/c1-3-5-17-21(18-6-4-2)22(19-13-9-7-10-14-19)20-15-11-8-12-16-20/h7-16H,3-6,17-18H2,1-2H3. The molecule has 0 aliphatic rings. The maximum atomic E-state index is 2.73. The maximum absolute atomic E-state index is 2.73. The van der Waals surface area contributed by atoms with Crippen LogP contribution < -0.4 is 10.6 Å². The molecule has 22 heavy (non-hydrogen) atoms. The van der Waals surface area contributed by atoms with Crippen LogP contribution in [0.1, 0.15) is 39.5 Å². The Morgan fingerprint density at radius 3 is 1.45 bits per heavy atom. The van der Waals surface area contributed by atoms with E-state index in [0.717, 1.165) is 0 Å². The van der Waals surface area contributed by atoms with E-state index in [-0.39, 0.29) is 0 Å². The summed E-state index contributed by atoms with van der Waals surface area (Å²) in [4.78, 5) is 0. The molecule has 0 bridgehead atoms. The van der Waals surface area contributed by atoms with Crippen molar-refractivity contribution in [3.05, 3.63) is 60.7 Å². The minimum absolute atomic E-state index is 0.404. The molecule has 2 rings (SSSR count). The molecule has 2 aromatic carbocycles. The van der Waals surface area contributed by atoms with Crippen LogP contribution in [0.15, 0.2) is 60.7 Å². The molecule has 0 saturated heterocycles. The molecule has 0 atom stereocenters. The highest BCUT2D eigenvalue weighted by Crippen LogP contribution is 2.38. The number of hydrogen-bond acceptors (Lipinski definition) is 1. The number of hydrogen-bond donors (Lipinski definition) is 0. The zero-order valence-corrected chi connectivity index (χ0v) is 14.8. The van der Waals surface area contributed by atoms with Crippen molar-refractivity contribution < 1.29 is 0 Å². The molecular weight excluding hydrogens is 285 g/mol. The highest BCUT2D eigenvalue weighted by atomic mass is 31.1. The first-order valence-corrected chi connectivity index (χ1v) is 9.81. The van der Waals surface area contributed by atoms with Gasteiger partial charge in [-0.25, -0.2) is 0 Å². The van der Waals surface area contributed by atoms with Crippen LogP contribution in [0.2, 0.25) is 0 Å². The van der Waals surface area contributed by atoms with Gasteiger partial charge in [0.15, 0.2) is 0 Å². The summed E-state index contributed by atoms with van der Waals surface area (Å²) >= 11 is 0. The summed E-state index contributed by atoms with van der Waals surface area (Å²) in [6, 6.07) is 22.1. The molecule has 2 aromatic rings. The molecule has 2 heteroatoms. The predicted molar refractivity (Wildman–Crippen MR) is 100 cm³/mol. The summed E-state index contributed by atoms with van der Waals surface area (Å²) in [5, 5.41) is 2.94. The lowest BCUT2D eigenvalue weighted by molar-refractivity contribution is 0.436. The van der Waals surface area contributed by atoms with Gasteiger partial charge in [0.05, 0.1) is 0 Å². The lowest BCUT2D eigenvalue weighted by atomic mass is 10.3. The lowest BCUT2D eigenvalue weighted by Crippen LogP contribution is -2.30. The SMILES string of the molecule is CCCCN(CCCC)P(c1ccccc1)c1ccccc1. The molecule has 118 valence electrons. The van der Waals surface area contributed by atoms with Gasteiger partial charge >= 0.3 is 0 Å². The van der Waals surface area contributed by atoms with E-state index in [4.69, 9.17) is 0 Å². The third-order valence-electron chi connectivity index (χ3n) is 3.82. The van der Waals surface area contributed by atoms with Gasteiger partial charge in [-0.15, -0.1) is 0 Å². The molecule has 0 heterocycles. The minimum Gasteiger partial charge on any atom is -0.275 e. The average molecular weight is 313 g/mol. The van der Waals surface area contributed by atoms with Crippen LogP contribution in [-0.4, -0.2) is 17.8 Å². The molecule has 0 aliphatic carbocycles. The second-order valence-corrected chi connectivity index (χ2v) is 7.87. The molecule has 0 fully saturated rings. The first-order chi connectivity index (χ1) is 10.9. The third-order valence-corrected chi connectivity index (χ3v) is 6.36. The van der Waals surface area contributed by atoms with Gasteiger partial charge in [0.2, 0.25) is 0 Å². The van der Waals surface area contributed by atoms with Crippen LogP contribution in [0.25, 0.3) is 0 Å². The molecule has 0 unspecified atom stereocenters. The van der Waals surface area contributed by atoms with Crippen molar-refractivity contribution in [3.63, 3.8) is 0 Å². The van der Waals surface area contributed by atoms with Gasteiger partial charge < -0.3 is 0 Å². The van der Waals surface area contributed by atoms with Crippen LogP contribution in [0, 0.1) is 0 Å². The van der Waals surface area contributed by atoms with Crippen LogP contribution in [-0.2, 0) is 0 Å². The van der Waals surface area contributed by atoms with Crippen molar-refractivity contribution in [2.45, 2.75) is 39.5 Å². The number of rotatable bonds is 9. The molecule has 0 amide bonds. The molecule has 0 saturated carbocycles. The summed E-state index contributed by atoms with van der Waals surface area (Å²) in [7, 11) is -0.404. The van der Waals surface area contributed by atoms with Crippen molar-refractivity contribution in [1.29, 1.82) is 0 Å². The van der Waals surface area contributed by atoms with Crippen molar-refractivity contribution in [2.75, 3.05) is 13.1 Å². The minimum atomic E-state index is -0.404. The fraction of sp³-hybridized carbons (Fsp3) is 0.400. The van der Waals surface area contributed by atoms with Crippen LogP contribution in [0.4, 0.5) is 0 Å². The zero-order chi connectivity index (χ0) is 15.6. The summed E-state index contributed by atoms with van der Waals surface area (Å²) in [6.45, 7) is 6.97. The fourth-order valence-electron chi connectivity index (χ4n) is 2.61. The van der Waals surface area contributed by atoms with Gasteiger partial charge in [0, 0.05) is 21.2 Å². The number of benzene rings is 2. The van der Waals surface area contributed by atoms with E-state index in [0.29, 0.717) is 0 Å². The topological polar surface area (TPSA) is 3.24 Å². The van der Waals surface area contributed by atoms with E-state index >= 15 is 0 Å². The molecule has 0 aliphatic heterocycles. The first kappa shape index (κ1) is 17.2. The van der Waals surface area contributed by atoms with E-state index in [2.05, 4.69) is 79.2 Å². The van der Waals surface area contributed by atoms with E-state index in [1.807, 2.05) is 0 Å². The third kappa shape index (κ3) is 4.93. The monoisotopic (exact) mass is 313 g/mol. The van der Waals surface area contributed by atoms with E-state index < -0.39 is 8.07 Å². The van der Waals surface area contributed by atoms with Crippen molar-refractivity contribution in [3.8, 4) is 0 Å². The van der Waals surface area contributed by atoms with Gasteiger partial charge in [-0.1, -0.05) is 87.4 Å². The van der Waals surface area contributed by atoms with Gasteiger partial charge in [-0.05, 0) is 23.5 Å². The van der Waals surface area contributed by atoms with Gasteiger partial charge in [0.1, 0.15) is 0 Å². The fourth-order valence-corrected chi connectivity index (χ4v) is 5.15. The highest BCUT2D eigenvalue weighted by molar-refractivity contribution is 7.70. The Labute approximate surface area is 137 Å². The smallest absolute Gasteiger partial charge is 0.0281 e. The number of unbranched alkanes of at least 4 members (excludes halogenated alkanes) is 2. The Balaban J connectivity index is 2.32. The Morgan fingerprint density at radius 2 is 1.09 bits per heavy atom. The normalized spacial score (nSPS) is 11.3. The number of nitrogens with zero attached hydrogens (tertiary/aromatic N) is 1. The van der Waals surface area contributed by atoms with Gasteiger partial charge in [-0.3, -0.25) is 4.67 Å². The van der Waals surface area contributed by atoms with Gasteiger partial charge in [0.25, 0.3) is 0 Å². The Bertz CT molecular complexity index is 464. The van der Waals surface area contributed by atoms with Crippen LogP contribution in [0.3, 0.4) is 0 Å². The molecule has 0 N–H and O–H groups in total. The molecule has 0 radical (unpaired) electrons. The summed E-state index contributed by atoms with van der Waals surface area (Å²) < 4.78 is 2.73. The largest absolute Gasteiger partial charge is 0.275 e.